The number of nitrogens with two attached hydrogens (primary N) is 1. The van der Waals surface area contributed by atoms with E-state index < -0.39 is 0 Å². The first-order valence-corrected chi connectivity index (χ1v) is 7.40. The molecular formula is C18H28N2O2. The van der Waals surface area contributed by atoms with Crippen LogP contribution in [0.2, 0.25) is 0 Å². The number of para-hydroxylation sites is 1. The highest BCUT2D eigenvalue weighted by Gasteiger charge is 2.08. The predicted molar refractivity (Wildman–Crippen MR) is 95.7 cm³/mol. The van der Waals surface area contributed by atoms with Crippen LogP contribution < -0.4 is 11.1 Å². The zero-order chi connectivity index (χ0) is 17.5. The number of rotatable bonds is 4. The molecule has 0 spiro atoms. The van der Waals surface area contributed by atoms with Gasteiger partial charge in [-0.1, -0.05) is 46.4 Å². The summed E-state index contributed by atoms with van der Waals surface area (Å²) in [6.45, 7) is 13.1. The quantitative estimate of drug-likeness (QED) is 0.433. The van der Waals surface area contributed by atoms with E-state index in [0.717, 1.165) is 0 Å². The van der Waals surface area contributed by atoms with E-state index in [1.807, 2.05) is 27.7 Å². The minimum absolute atomic E-state index is 0.0304. The molecule has 1 aromatic carbocycles. The molecule has 0 unspecified atom stereocenters. The Balaban J connectivity index is 0. The molecule has 0 radical (unpaired) electrons. The largest absolute Gasteiger partial charge is 0.508 e. The number of aliphatic hydroxyl groups is 1. The van der Waals surface area contributed by atoms with Crippen molar-refractivity contribution >= 4 is 11.6 Å². The van der Waals surface area contributed by atoms with Crippen molar-refractivity contribution in [1.29, 1.82) is 0 Å². The molecule has 1 amide bonds. The fourth-order valence-electron chi connectivity index (χ4n) is 1.27. The fourth-order valence-corrected chi connectivity index (χ4v) is 1.27. The topological polar surface area (TPSA) is 75.3 Å². The van der Waals surface area contributed by atoms with E-state index in [2.05, 4.69) is 11.9 Å². The van der Waals surface area contributed by atoms with Gasteiger partial charge in [0.2, 0.25) is 0 Å². The molecule has 0 saturated heterocycles. The van der Waals surface area contributed by atoms with Crippen LogP contribution in [0, 0.1) is 0 Å². The summed E-state index contributed by atoms with van der Waals surface area (Å²) in [5.74, 6) is -0.254. The molecule has 1 rings (SSSR count). The monoisotopic (exact) mass is 304 g/mol. The van der Waals surface area contributed by atoms with Crippen LogP contribution in [0.3, 0.4) is 0 Å². The number of nitrogen functional groups attached to an aromatic ring is 1. The normalized spacial score (nSPS) is 10.4. The maximum atomic E-state index is 11.9. The van der Waals surface area contributed by atoms with E-state index in [-0.39, 0.29) is 11.7 Å². The van der Waals surface area contributed by atoms with Crippen LogP contribution in [0.4, 0.5) is 5.69 Å². The van der Waals surface area contributed by atoms with Crippen LogP contribution in [-0.2, 0) is 0 Å². The molecule has 0 fully saturated rings. The maximum absolute atomic E-state index is 11.9. The first-order valence-electron chi connectivity index (χ1n) is 7.40. The Morgan fingerprint density at radius 3 is 2.23 bits per heavy atom. The lowest BCUT2D eigenvalue weighted by Gasteiger charge is -2.06. The number of hydrogen-bond donors (Lipinski definition) is 3. The highest BCUT2D eigenvalue weighted by atomic mass is 16.3. The van der Waals surface area contributed by atoms with Crippen molar-refractivity contribution in [2.45, 2.75) is 34.6 Å². The number of aliphatic hydroxyl groups excluding tert-OH is 1. The van der Waals surface area contributed by atoms with Crippen molar-refractivity contribution in [1.82, 2.24) is 5.32 Å². The van der Waals surface area contributed by atoms with Crippen molar-refractivity contribution in [3.05, 3.63) is 66.1 Å². The van der Waals surface area contributed by atoms with E-state index >= 15 is 0 Å². The van der Waals surface area contributed by atoms with Gasteiger partial charge in [0, 0.05) is 11.4 Å². The summed E-state index contributed by atoms with van der Waals surface area (Å²) in [5.41, 5.74) is 7.13. The van der Waals surface area contributed by atoms with Gasteiger partial charge in [-0.25, -0.2) is 0 Å². The SMILES string of the molecule is C=C/C(O)=C\C=C(/C)NC(=O)c1ccccc1N.CC.CC. The highest BCUT2D eigenvalue weighted by Crippen LogP contribution is 2.10. The van der Waals surface area contributed by atoms with Gasteiger partial charge in [0.1, 0.15) is 5.76 Å². The van der Waals surface area contributed by atoms with Crippen LogP contribution in [0.25, 0.3) is 0 Å². The molecule has 0 atom stereocenters. The first kappa shape index (κ1) is 21.8. The first-order chi connectivity index (χ1) is 10.5. The van der Waals surface area contributed by atoms with Gasteiger partial charge in [-0.05, 0) is 37.3 Å². The molecule has 0 aliphatic carbocycles. The van der Waals surface area contributed by atoms with Gasteiger partial charge >= 0.3 is 0 Å². The summed E-state index contributed by atoms with van der Waals surface area (Å²) < 4.78 is 0. The molecule has 0 bridgehead atoms. The van der Waals surface area contributed by atoms with E-state index in [4.69, 9.17) is 10.8 Å². The summed E-state index contributed by atoms with van der Waals surface area (Å²) in [6, 6.07) is 6.82. The van der Waals surface area contributed by atoms with E-state index in [9.17, 15) is 4.79 Å². The zero-order valence-electron chi connectivity index (χ0n) is 14.2. The molecule has 0 aliphatic heterocycles. The number of amides is 1. The molecule has 4 heteroatoms. The van der Waals surface area contributed by atoms with Gasteiger partial charge in [-0.3, -0.25) is 4.79 Å². The second kappa shape index (κ2) is 13.5. The second-order valence-corrected chi connectivity index (χ2v) is 3.69. The highest BCUT2D eigenvalue weighted by molar-refractivity contribution is 5.99. The lowest BCUT2D eigenvalue weighted by molar-refractivity contribution is 0.0967. The number of allylic oxidation sites excluding steroid dienone is 4. The number of benzene rings is 1. The summed E-state index contributed by atoms with van der Waals surface area (Å²) in [5, 5.41) is 11.8. The third-order valence-electron chi connectivity index (χ3n) is 2.23. The van der Waals surface area contributed by atoms with Crippen molar-refractivity contribution in [2.24, 2.45) is 0 Å². The summed E-state index contributed by atoms with van der Waals surface area (Å²) in [6.07, 6.45) is 4.33. The molecule has 4 N–H and O–H groups in total. The smallest absolute Gasteiger partial charge is 0.257 e. The van der Waals surface area contributed by atoms with Crippen LogP contribution in [0.1, 0.15) is 45.0 Å². The van der Waals surface area contributed by atoms with E-state index in [0.29, 0.717) is 16.9 Å². The minimum Gasteiger partial charge on any atom is -0.508 e. The van der Waals surface area contributed by atoms with E-state index in [1.165, 1.54) is 12.2 Å². The van der Waals surface area contributed by atoms with Crippen molar-refractivity contribution in [3.63, 3.8) is 0 Å². The Morgan fingerprint density at radius 2 is 1.73 bits per heavy atom. The van der Waals surface area contributed by atoms with Crippen LogP contribution in [0.5, 0.6) is 0 Å². The Labute approximate surface area is 134 Å². The molecule has 1 aromatic rings. The third kappa shape index (κ3) is 8.64. The predicted octanol–water partition coefficient (Wildman–Crippen LogP) is 4.58. The van der Waals surface area contributed by atoms with Crippen molar-refractivity contribution in [2.75, 3.05) is 5.73 Å². The van der Waals surface area contributed by atoms with Gasteiger partial charge in [-0.15, -0.1) is 0 Å². The Morgan fingerprint density at radius 1 is 1.18 bits per heavy atom. The Hall–Kier alpha value is -2.49. The maximum Gasteiger partial charge on any atom is 0.257 e. The molecule has 0 aromatic heterocycles. The third-order valence-corrected chi connectivity index (χ3v) is 2.23. The molecule has 22 heavy (non-hydrogen) atoms. The lowest BCUT2D eigenvalue weighted by atomic mass is 10.1. The minimum atomic E-state index is -0.284. The van der Waals surface area contributed by atoms with Crippen molar-refractivity contribution in [3.8, 4) is 0 Å². The Bertz CT molecular complexity index is 518. The molecule has 0 heterocycles. The fraction of sp³-hybridized carbons (Fsp3) is 0.278. The number of carbonyl (C=O) groups is 1. The van der Waals surface area contributed by atoms with Crippen LogP contribution in [0.15, 0.2) is 60.5 Å². The van der Waals surface area contributed by atoms with E-state index in [1.54, 1.807) is 37.3 Å². The lowest BCUT2D eigenvalue weighted by Crippen LogP contribution is -2.22. The van der Waals surface area contributed by atoms with Gasteiger partial charge in [0.25, 0.3) is 5.91 Å². The van der Waals surface area contributed by atoms with Crippen molar-refractivity contribution < 1.29 is 9.90 Å². The molecule has 0 saturated carbocycles. The Kier molecular flexibility index (Phi) is 13.4. The summed E-state index contributed by atoms with van der Waals surface area (Å²) in [4.78, 5) is 11.9. The number of nitrogens with one attached hydrogen (secondary N) is 1. The number of anilines is 1. The zero-order valence-corrected chi connectivity index (χ0v) is 14.2. The van der Waals surface area contributed by atoms with Gasteiger partial charge in [0.05, 0.1) is 5.56 Å². The summed E-state index contributed by atoms with van der Waals surface area (Å²) in [7, 11) is 0. The van der Waals surface area contributed by atoms with Gasteiger partial charge in [0.15, 0.2) is 0 Å². The molecule has 122 valence electrons. The average Bonchev–Trinajstić information content (AvgIpc) is 2.56. The summed E-state index contributed by atoms with van der Waals surface area (Å²) >= 11 is 0. The second-order valence-electron chi connectivity index (χ2n) is 3.69. The van der Waals surface area contributed by atoms with Gasteiger partial charge in [-0.2, -0.15) is 0 Å². The molecular weight excluding hydrogens is 276 g/mol. The number of carbonyl (C=O) groups excluding carboxylic acids is 1. The van der Waals surface area contributed by atoms with Crippen LogP contribution in [-0.4, -0.2) is 11.0 Å². The van der Waals surface area contributed by atoms with Crippen LogP contribution >= 0.6 is 0 Å². The molecule has 4 nitrogen and oxygen atoms in total. The average molecular weight is 304 g/mol. The standard InChI is InChI=1S/C14H16N2O2.2C2H6/c1-3-11(17)9-8-10(2)16-14(18)12-6-4-5-7-13(12)15;2*1-2/h3-9,17H,1,15H2,2H3,(H,16,18);2*1-2H3/b10-8+,11-9+;;. The number of hydrogen-bond acceptors (Lipinski definition) is 3. The molecule has 0 aliphatic rings. The van der Waals surface area contributed by atoms with Gasteiger partial charge < -0.3 is 16.2 Å².